The summed E-state index contributed by atoms with van der Waals surface area (Å²) in [6, 6.07) is 14.4. The zero-order valence-electron chi connectivity index (χ0n) is 27.0. The summed E-state index contributed by atoms with van der Waals surface area (Å²) in [6.45, 7) is 7.47. The third-order valence-electron chi connectivity index (χ3n) is 9.33. The molecule has 2 aromatic carbocycles. The van der Waals surface area contributed by atoms with Crippen LogP contribution in [0.4, 0.5) is 5.69 Å². The first-order chi connectivity index (χ1) is 23.2. The van der Waals surface area contributed by atoms with E-state index in [-0.39, 0.29) is 55.8 Å². The smallest absolute Gasteiger partial charge is 0.306 e. The maximum atomic E-state index is 14.6. The van der Waals surface area contributed by atoms with E-state index in [1.54, 1.807) is 48.4 Å². The number of halogens is 1. The fraction of sp³-hybridized carbons (Fsp3) is 0.444. The first-order valence-corrected chi connectivity index (χ1v) is 17.0. The van der Waals surface area contributed by atoms with Gasteiger partial charge >= 0.3 is 5.97 Å². The Morgan fingerprint density at radius 1 is 1.17 bits per heavy atom. The minimum atomic E-state index is -1.30. The number of aliphatic hydroxyl groups is 1. The lowest BCUT2D eigenvalue weighted by atomic mass is 9.70. The molecule has 3 fully saturated rings. The van der Waals surface area contributed by atoms with E-state index >= 15 is 0 Å². The number of hydrogen-bond donors (Lipinski definition) is 2. The minimum absolute atomic E-state index is 0.104. The minimum Gasteiger partial charge on any atom is -0.497 e. The highest BCUT2D eigenvalue weighted by Crippen LogP contribution is 2.60. The summed E-state index contributed by atoms with van der Waals surface area (Å²) >= 11 is 3.71. The Hall–Kier alpha value is -4.00. The number of carbonyl (C=O) groups excluding carboxylic acids is 4. The fourth-order valence-electron chi connectivity index (χ4n) is 7.19. The molecule has 0 aliphatic carbocycles. The van der Waals surface area contributed by atoms with Crippen LogP contribution in [0.1, 0.15) is 37.3 Å². The molecule has 0 radical (unpaired) electrons. The normalized spacial score (nSPS) is 26.0. The predicted molar refractivity (Wildman–Crippen MR) is 182 cm³/mol. The highest BCUT2D eigenvalue weighted by molar-refractivity contribution is 9.09. The molecular formula is C36H42BrN3O8. The van der Waals surface area contributed by atoms with Gasteiger partial charge in [-0.25, -0.2) is 0 Å². The van der Waals surface area contributed by atoms with Crippen molar-refractivity contribution in [2.24, 2.45) is 11.8 Å². The van der Waals surface area contributed by atoms with E-state index in [0.717, 1.165) is 5.56 Å². The molecule has 3 aliphatic rings. The lowest BCUT2D eigenvalue weighted by molar-refractivity contribution is -0.145. The number of carbonyl (C=O) groups is 4. The lowest BCUT2D eigenvalue weighted by Crippen LogP contribution is -2.57. The van der Waals surface area contributed by atoms with Gasteiger partial charge in [0.15, 0.2) is 0 Å². The Bertz CT molecular complexity index is 1500. The van der Waals surface area contributed by atoms with Crippen LogP contribution in [-0.2, 0) is 28.7 Å². The molecule has 12 heteroatoms. The van der Waals surface area contributed by atoms with Crippen LogP contribution in [-0.4, -0.2) is 89.7 Å². The number of aliphatic hydroxyl groups excluding tert-OH is 1. The summed E-state index contributed by atoms with van der Waals surface area (Å²) in [5.74, 6) is -2.85. The number of methoxy groups -OCH3 is 1. The van der Waals surface area contributed by atoms with E-state index in [4.69, 9.17) is 14.2 Å². The molecule has 5 rings (SSSR count). The molecule has 7 atom stereocenters. The number of alkyl halides is 1. The number of benzene rings is 2. The van der Waals surface area contributed by atoms with E-state index in [1.165, 1.54) is 4.90 Å². The van der Waals surface area contributed by atoms with Crippen molar-refractivity contribution in [1.29, 1.82) is 0 Å². The van der Waals surface area contributed by atoms with Crippen molar-refractivity contribution in [3.05, 3.63) is 85.5 Å². The summed E-state index contributed by atoms with van der Waals surface area (Å²) in [4.78, 5) is 58.4. The number of anilines is 1. The molecule has 48 heavy (non-hydrogen) atoms. The number of hydrogen-bond acceptors (Lipinski definition) is 8. The van der Waals surface area contributed by atoms with Gasteiger partial charge in [-0.2, -0.15) is 0 Å². The number of nitrogens with one attached hydrogen (secondary N) is 1. The second-order valence-corrected chi connectivity index (χ2v) is 13.4. The Balaban J connectivity index is 1.47. The van der Waals surface area contributed by atoms with E-state index in [9.17, 15) is 24.3 Å². The molecule has 11 nitrogen and oxygen atoms in total. The highest BCUT2D eigenvalue weighted by Gasteiger charge is 2.76. The largest absolute Gasteiger partial charge is 0.497 e. The molecule has 1 unspecified atom stereocenters. The van der Waals surface area contributed by atoms with Gasteiger partial charge in [0.05, 0.1) is 31.1 Å². The number of esters is 1. The van der Waals surface area contributed by atoms with Gasteiger partial charge in [0.25, 0.3) is 5.91 Å². The third-order valence-corrected chi connectivity index (χ3v) is 10.2. The van der Waals surface area contributed by atoms with Crippen LogP contribution in [0.15, 0.2) is 79.9 Å². The number of fused-ring (bicyclic) bond motifs is 1. The molecular weight excluding hydrogens is 682 g/mol. The van der Waals surface area contributed by atoms with Crippen LogP contribution < -0.4 is 15.0 Å². The summed E-state index contributed by atoms with van der Waals surface area (Å²) < 4.78 is 17.5. The van der Waals surface area contributed by atoms with Gasteiger partial charge in [-0.05, 0) is 49.1 Å². The van der Waals surface area contributed by atoms with Crippen LogP contribution >= 0.6 is 15.9 Å². The molecule has 2 N–H and O–H groups in total. The van der Waals surface area contributed by atoms with Crippen LogP contribution in [0.25, 0.3) is 0 Å². The monoisotopic (exact) mass is 723 g/mol. The molecule has 2 aromatic rings. The van der Waals surface area contributed by atoms with Gasteiger partial charge in [0.2, 0.25) is 11.8 Å². The number of allylic oxidation sites excluding steroid dienone is 1. The molecule has 0 saturated carbocycles. The van der Waals surface area contributed by atoms with Gasteiger partial charge in [-0.1, -0.05) is 58.4 Å². The molecule has 3 heterocycles. The van der Waals surface area contributed by atoms with Crippen molar-refractivity contribution in [1.82, 2.24) is 10.2 Å². The molecule has 0 aromatic heterocycles. The number of nitrogens with zero attached hydrogens (tertiary/aromatic N) is 2. The van der Waals surface area contributed by atoms with Gasteiger partial charge in [0.1, 0.15) is 24.0 Å². The van der Waals surface area contributed by atoms with E-state index in [0.29, 0.717) is 24.3 Å². The average Bonchev–Trinajstić information content (AvgIpc) is 3.70. The molecule has 256 valence electrons. The van der Waals surface area contributed by atoms with Crippen molar-refractivity contribution in [3.8, 4) is 5.75 Å². The number of amides is 3. The Morgan fingerprint density at radius 3 is 2.54 bits per heavy atom. The molecule has 3 aliphatic heterocycles. The second kappa shape index (κ2) is 15.5. The topological polar surface area (TPSA) is 135 Å². The lowest BCUT2D eigenvalue weighted by Gasteiger charge is -2.37. The fourth-order valence-corrected chi connectivity index (χ4v) is 8.14. The van der Waals surface area contributed by atoms with Crippen molar-refractivity contribution in [3.63, 3.8) is 0 Å². The summed E-state index contributed by atoms with van der Waals surface area (Å²) in [7, 11) is 1.56. The summed E-state index contributed by atoms with van der Waals surface area (Å²) in [6.07, 6.45) is 3.76. The van der Waals surface area contributed by atoms with Crippen LogP contribution in [0.3, 0.4) is 0 Å². The zero-order chi connectivity index (χ0) is 34.4. The maximum Gasteiger partial charge on any atom is 0.306 e. The number of rotatable bonds is 16. The van der Waals surface area contributed by atoms with Crippen molar-refractivity contribution >= 4 is 45.3 Å². The average molecular weight is 725 g/mol. The molecule has 3 amide bonds. The van der Waals surface area contributed by atoms with Gasteiger partial charge < -0.3 is 34.4 Å². The summed E-state index contributed by atoms with van der Waals surface area (Å²) in [5, 5.41) is 12.8. The van der Waals surface area contributed by atoms with Gasteiger partial charge in [-0.3, -0.25) is 19.2 Å². The van der Waals surface area contributed by atoms with Crippen LogP contribution in [0.5, 0.6) is 5.75 Å². The SMILES string of the molecule is C=CCCC(=O)OC[C@@H](NC(=O)[C@@H]1[C@H]2O[C@@]3(CC2Br)[C@H](C(=O)N(CC=C)c2ccc(OC)cc2)N(CCCO)C(=O)[C@@H]13)c1ccccc1. The van der Waals surface area contributed by atoms with E-state index in [2.05, 4.69) is 34.4 Å². The second-order valence-electron chi connectivity index (χ2n) is 12.2. The Morgan fingerprint density at radius 2 is 1.90 bits per heavy atom. The van der Waals surface area contributed by atoms with E-state index in [1.807, 2.05) is 30.3 Å². The first-order valence-electron chi connectivity index (χ1n) is 16.1. The van der Waals surface area contributed by atoms with Gasteiger partial charge in [-0.15, -0.1) is 13.2 Å². The molecule has 1 spiro atoms. The Labute approximate surface area is 289 Å². The number of likely N-dealkylation sites (tertiary alicyclic amines) is 1. The van der Waals surface area contributed by atoms with Crippen molar-refractivity contribution in [2.45, 2.75) is 54.3 Å². The zero-order valence-corrected chi connectivity index (χ0v) is 28.5. The van der Waals surface area contributed by atoms with Crippen LogP contribution in [0.2, 0.25) is 0 Å². The standard InChI is InChI=1S/C36H42BrN3O8/c1-4-6-13-28(42)47-22-27(23-11-8-7-9-12-23)38-33(43)29-30-34(44)40(19-10-20-41)32(36(30)21-26(37)31(29)48-36)35(45)39(18-5-2)24-14-16-25(46-3)17-15-24/h4-5,7-9,11-12,14-17,26-27,29-32,41H,1-2,6,10,13,18-22H2,3H3,(H,38,43)/t26?,27-,29+,30-,31+,32+,36-/m1/s1. The third kappa shape index (κ3) is 6.79. The highest BCUT2D eigenvalue weighted by atomic mass is 79.9. The number of ether oxygens (including phenoxy) is 3. The molecule has 3 saturated heterocycles. The van der Waals surface area contributed by atoms with Crippen molar-refractivity contribution < 1.29 is 38.5 Å². The van der Waals surface area contributed by atoms with Crippen LogP contribution in [0, 0.1) is 11.8 Å². The maximum absolute atomic E-state index is 14.6. The Kier molecular flexibility index (Phi) is 11.4. The van der Waals surface area contributed by atoms with E-state index < -0.39 is 47.5 Å². The predicted octanol–water partition coefficient (Wildman–Crippen LogP) is 3.71. The van der Waals surface area contributed by atoms with Gasteiger partial charge in [0, 0.05) is 36.6 Å². The molecule has 2 bridgehead atoms. The summed E-state index contributed by atoms with van der Waals surface area (Å²) in [5.41, 5.74) is 0.0163. The first kappa shape index (κ1) is 35.3. The quantitative estimate of drug-likeness (QED) is 0.152. The van der Waals surface area contributed by atoms with Crippen molar-refractivity contribution in [2.75, 3.05) is 38.3 Å².